The summed E-state index contributed by atoms with van der Waals surface area (Å²) in [6.07, 6.45) is 6.16. The third-order valence-corrected chi connectivity index (χ3v) is 7.95. The number of halogens is 2. The van der Waals surface area contributed by atoms with Crippen molar-refractivity contribution in [3.05, 3.63) is 55.6 Å². The summed E-state index contributed by atoms with van der Waals surface area (Å²) in [5.74, 6) is 1.54. The van der Waals surface area contributed by atoms with E-state index >= 15 is 0 Å². The predicted molar refractivity (Wildman–Crippen MR) is 148 cm³/mol. The van der Waals surface area contributed by atoms with Crippen molar-refractivity contribution >= 4 is 43.2 Å². The van der Waals surface area contributed by atoms with E-state index in [1.807, 2.05) is 0 Å². The van der Waals surface area contributed by atoms with Gasteiger partial charge in [-0.2, -0.15) is 0 Å². The molecule has 2 aromatic carbocycles. The molecule has 2 aromatic rings. The lowest BCUT2D eigenvalue weighted by Crippen LogP contribution is -2.02. The summed E-state index contributed by atoms with van der Waals surface area (Å²) in [5.41, 5.74) is 1.10. The van der Waals surface area contributed by atoms with Crippen LogP contribution in [-0.2, 0) is 0 Å². The molecular weight excluding hydrogens is 616 g/mol. The summed E-state index contributed by atoms with van der Waals surface area (Å²) >= 11 is 7.20. The number of benzene rings is 2. The SMILES string of the molecule is COc1cc(C(Br)CCCCCCCC(Br)c2cc(OC)c(OC)cc2[N+](=O)[O-])c([N+](=O)[O-])cc1OC. The number of hydrogen-bond acceptors (Lipinski definition) is 8. The fourth-order valence-corrected chi connectivity index (χ4v) is 5.46. The minimum Gasteiger partial charge on any atom is -0.493 e. The van der Waals surface area contributed by atoms with Gasteiger partial charge in [-0.05, 0) is 25.0 Å². The highest BCUT2D eigenvalue weighted by atomic mass is 79.9. The lowest BCUT2D eigenvalue weighted by atomic mass is 10.0. The fourth-order valence-electron chi connectivity index (χ4n) is 4.07. The molecular formula is C25H32Br2N2O8. The Morgan fingerprint density at radius 1 is 0.622 bits per heavy atom. The van der Waals surface area contributed by atoms with Gasteiger partial charge in [-0.3, -0.25) is 20.2 Å². The van der Waals surface area contributed by atoms with E-state index < -0.39 is 9.85 Å². The number of ether oxygens (including phenoxy) is 4. The first-order chi connectivity index (χ1) is 17.7. The molecule has 204 valence electrons. The Hall–Kier alpha value is -2.60. The summed E-state index contributed by atoms with van der Waals surface area (Å²) in [5, 5.41) is 23.1. The molecule has 0 aliphatic rings. The number of nitrogens with zero attached hydrogens (tertiary/aromatic N) is 2. The Morgan fingerprint density at radius 2 is 0.919 bits per heavy atom. The topological polar surface area (TPSA) is 123 Å². The highest BCUT2D eigenvalue weighted by Crippen LogP contribution is 2.43. The van der Waals surface area contributed by atoms with E-state index in [0.717, 1.165) is 44.9 Å². The summed E-state index contributed by atoms with van der Waals surface area (Å²) in [6.45, 7) is 0. The maximum atomic E-state index is 11.6. The van der Waals surface area contributed by atoms with Crippen LogP contribution in [0.2, 0.25) is 0 Å². The Kier molecular flexibility index (Phi) is 12.4. The van der Waals surface area contributed by atoms with Gasteiger partial charge in [0.05, 0.1) is 50.4 Å². The summed E-state index contributed by atoms with van der Waals surface area (Å²) in [4.78, 5) is 21.9. The van der Waals surface area contributed by atoms with E-state index in [1.165, 1.54) is 40.6 Å². The van der Waals surface area contributed by atoms with Crippen molar-refractivity contribution in [1.82, 2.24) is 0 Å². The Bertz CT molecular complexity index is 1000. The molecule has 0 radical (unpaired) electrons. The van der Waals surface area contributed by atoms with Gasteiger partial charge in [-0.1, -0.05) is 64.0 Å². The second-order valence-electron chi connectivity index (χ2n) is 8.33. The van der Waals surface area contributed by atoms with Gasteiger partial charge in [-0.15, -0.1) is 0 Å². The first-order valence-electron chi connectivity index (χ1n) is 11.8. The Labute approximate surface area is 233 Å². The highest BCUT2D eigenvalue weighted by molar-refractivity contribution is 9.09. The van der Waals surface area contributed by atoms with Crippen LogP contribution in [0.3, 0.4) is 0 Å². The number of nitro groups is 2. The van der Waals surface area contributed by atoms with Gasteiger partial charge in [0.25, 0.3) is 11.4 Å². The second kappa shape index (κ2) is 15.0. The van der Waals surface area contributed by atoms with Crippen LogP contribution < -0.4 is 18.9 Å². The summed E-state index contributed by atoms with van der Waals surface area (Å²) in [7, 11) is 5.88. The van der Waals surface area contributed by atoms with Gasteiger partial charge in [-0.25, -0.2) is 0 Å². The van der Waals surface area contributed by atoms with Crippen LogP contribution in [0.5, 0.6) is 23.0 Å². The first-order valence-corrected chi connectivity index (χ1v) is 13.6. The first kappa shape index (κ1) is 30.6. The minimum absolute atomic E-state index is 0.00727. The van der Waals surface area contributed by atoms with Crippen LogP contribution in [0.15, 0.2) is 24.3 Å². The Balaban J connectivity index is 1.87. The molecule has 10 nitrogen and oxygen atoms in total. The number of methoxy groups -OCH3 is 4. The number of rotatable bonds is 16. The van der Waals surface area contributed by atoms with E-state index in [9.17, 15) is 20.2 Å². The molecule has 0 aliphatic heterocycles. The lowest BCUT2D eigenvalue weighted by Gasteiger charge is -2.15. The largest absolute Gasteiger partial charge is 0.493 e. The minimum atomic E-state index is -0.412. The van der Waals surface area contributed by atoms with Gasteiger partial charge in [0, 0.05) is 20.8 Å². The van der Waals surface area contributed by atoms with Gasteiger partial charge < -0.3 is 18.9 Å². The second-order valence-corrected chi connectivity index (χ2v) is 10.5. The van der Waals surface area contributed by atoms with Gasteiger partial charge in [0.2, 0.25) is 0 Å². The molecule has 0 saturated heterocycles. The monoisotopic (exact) mass is 646 g/mol. The van der Waals surface area contributed by atoms with E-state index in [0.29, 0.717) is 34.1 Å². The highest BCUT2D eigenvalue weighted by Gasteiger charge is 2.25. The number of nitro benzene ring substituents is 2. The van der Waals surface area contributed by atoms with Crippen molar-refractivity contribution in [3.63, 3.8) is 0 Å². The van der Waals surface area contributed by atoms with Crippen LogP contribution in [-0.4, -0.2) is 38.3 Å². The number of alkyl halides is 2. The maximum Gasteiger partial charge on any atom is 0.277 e. The van der Waals surface area contributed by atoms with Gasteiger partial charge >= 0.3 is 0 Å². The molecule has 0 bridgehead atoms. The molecule has 0 fully saturated rings. The van der Waals surface area contributed by atoms with Crippen LogP contribution in [0.25, 0.3) is 0 Å². The average molecular weight is 648 g/mol. The molecule has 0 spiro atoms. The van der Waals surface area contributed by atoms with Crippen LogP contribution in [0.4, 0.5) is 11.4 Å². The molecule has 2 rings (SSSR count). The molecule has 0 amide bonds. The zero-order valence-electron chi connectivity index (χ0n) is 21.3. The van der Waals surface area contributed by atoms with Crippen LogP contribution >= 0.6 is 31.9 Å². The number of hydrogen-bond donors (Lipinski definition) is 0. The van der Waals surface area contributed by atoms with Crippen molar-refractivity contribution in [3.8, 4) is 23.0 Å². The molecule has 12 heteroatoms. The molecule has 0 heterocycles. The fraction of sp³-hybridized carbons (Fsp3) is 0.520. The molecule has 0 aromatic heterocycles. The van der Waals surface area contributed by atoms with E-state index in [4.69, 9.17) is 18.9 Å². The van der Waals surface area contributed by atoms with Crippen molar-refractivity contribution in [2.75, 3.05) is 28.4 Å². The smallest absolute Gasteiger partial charge is 0.277 e. The van der Waals surface area contributed by atoms with Crippen molar-refractivity contribution in [2.45, 2.75) is 54.6 Å². The molecule has 0 N–H and O–H groups in total. The molecule has 0 aliphatic carbocycles. The summed E-state index contributed by atoms with van der Waals surface area (Å²) in [6, 6.07) is 6.09. The van der Waals surface area contributed by atoms with Gasteiger partial charge in [0.1, 0.15) is 0 Å². The number of unbranched alkanes of at least 4 members (excludes halogenated alkanes) is 4. The van der Waals surface area contributed by atoms with E-state index in [-0.39, 0.29) is 21.0 Å². The lowest BCUT2D eigenvalue weighted by molar-refractivity contribution is -0.385. The van der Waals surface area contributed by atoms with Gasteiger partial charge in [0.15, 0.2) is 23.0 Å². The van der Waals surface area contributed by atoms with Crippen molar-refractivity contribution < 1.29 is 28.8 Å². The Morgan fingerprint density at radius 3 is 1.22 bits per heavy atom. The average Bonchev–Trinajstić information content (AvgIpc) is 2.90. The normalized spacial score (nSPS) is 12.5. The van der Waals surface area contributed by atoms with E-state index in [1.54, 1.807) is 12.1 Å². The molecule has 2 atom stereocenters. The molecule has 0 saturated carbocycles. The van der Waals surface area contributed by atoms with Crippen molar-refractivity contribution in [2.24, 2.45) is 0 Å². The standard InChI is InChI=1S/C25H32Br2N2O8/c1-34-22-12-16(20(28(30)31)14-24(22)36-3)18(26)10-8-6-5-7-9-11-19(27)17-13-23(35-2)25(37-4)15-21(17)29(32)33/h12-15,18-19H,5-11H2,1-4H3. The maximum absolute atomic E-state index is 11.6. The molecule has 37 heavy (non-hydrogen) atoms. The quantitative estimate of drug-likeness (QED) is 0.0781. The third-order valence-electron chi connectivity index (χ3n) is 6.05. The zero-order valence-corrected chi connectivity index (χ0v) is 24.5. The molecule has 2 unspecified atom stereocenters. The van der Waals surface area contributed by atoms with E-state index in [2.05, 4.69) is 31.9 Å². The summed E-state index contributed by atoms with van der Waals surface area (Å²) < 4.78 is 21.0. The predicted octanol–water partition coefficient (Wildman–Crippen LogP) is 7.84. The van der Waals surface area contributed by atoms with Crippen LogP contribution in [0, 0.1) is 20.2 Å². The third kappa shape index (κ3) is 8.19. The van der Waals surface area contributed by atoms with Crippen LogP contribution in [0.1, 0.15) is 65.7 Å². The van der Waals surface area contributed by atoms with Crippen molar-refractivity contribution in [1.29, 1.82) is 0 Å². The zero-order chi connectivity index (χ0) is 27.5.